The normalized spacial score (nSPS) is 47.2. The highest BCUT2D eigenvalue weighted by Gasteiger charge is 2.65. The lowest BCUT2D eigenvalue weighted by Crippen LogP contribution is -2.48. The predicted octanol–water partition coefficient (Wildman–Crippen LogP) is 0.534. The maximum Gasteiger partial charge on any atom is 0.187 e. The number of hydrogen-bond acceptors (Lipinski definition) is 4. The minimum atomic E-state index is -1.18. The van der Waals surface area contributed by atoms with Gasteiger partial charge < -0.3 is 14.9 Å². The Morgan fingerprint density at radius 3 is 2.47 bits per heavy atom. The molecule has 2 aliphatic rings. The standard InChI is InChI=1S/C11H21NO3/c1-9(2,3)12-7-11(14)10(4,8(12)13)5-6-15-11/h8,13-14H,5-7H2,1-4H3/t8-,10-,11-/m0/s1. The largest absolute Gasteiger partial charge is 0.378 e. The molecule has 0 aromatic heterocycles. The molecule has 0 bridgehead atoms. The molecule has 2 aliphatic heterocycles. The van der Waals surface area contributed by atoms with Crippen LogP contribution in [0.5, 0.6) is 0 Å². The molecule has 2 rings (SSSR count). The van der Waals surface area contributed by atoms with Crippen LogP contribution in [-0.4, -0.2) is 45.8 Å². The third-order valence-electron chi connectivity index (χ3n) is 3.97. The zero-order valence-electron chi connectivity index (χ0n) is 9.95. The Morgan fingerprint density at radius 2 is 2.00 bits per heavy atom. The van der Waals surface area contributed by atoms with Gasteiger partial charge in [-0.15, -0.1) is 0 Å². The van der Waals surface area contributed by atoms with Crippen LogP contribution in [0.4, 0.5) is 0 Å². The fourth-order valence-electron chi connectivity index (χ4n) is 2.61. The Bertz CT molecular complexity index is 275. The third-order valence-corrected chi connectivity index (χ3v) is 3.97. The molecule has 0 aromatic carbocycles. The van der Waals surface area contributed by atoms with E-state index in [0.29, 0.717) is 19.6 Å². The van der Waals surface area contributed by atoms with E-state index in [-0.39, 0.29) is 5.54 Å². The van der Waals surface area contributed by atoms with Crippen molar-refractivity contribution in [3.8, 4) is 0 Å². The molecule has 2 fully saturated rings. The number of aliphatic hydroxyl groups is 2. The number of fused-ring (bicyclic) bond motifs is 1. The second-order valence-electron chi connectivity index (χ2n) is 5.97. The van der Waals surface area contributed by atoms with E-state index >= 15 is 0 Å². The van der Waals surface area contributed by atoms with Crippen LogP contribution in [0.15, 0.2) is 0 Å². The molecular weight excluding hydrogens is 194 g/mol. The zero-order chi connectivity index (χ0) is 11.5. The molecule has 0 aromatic rings. The van der Waals surface area contributed by atoms with Crippen LogP contribution in [0.2, 0.25) is 0 Å². The molecule has 15 heavy (non-hydrogen) atoms. The van der Waals surface area contributed by atoms with Gasteiger partial charge >= 0.3 is 0 Å². The predicted molar refractivity (Wildman–Crippen MR) is 56.1 cm³/mol. The molecule has 0 aliphatic carbocycles. The van der Waals surface area contributed by atoms with Crippen molar-refractivity contribution in [2.45, 2.75) is 51.7 Å². The van der Waals surface area contributed by atoms with Gasteiger partial charge in [0.05, 0.1) is 18.6 Å². The van der Waals surface area contributed by atoms with E-state index < -0.39 is 17.4 Å². The molecule has 3 atom stereocenters. The van der Waals surface area contributed by atoms with Gasteiger partial charge in [-0.05, 0) is 27.2 Å². The van der Waals surface area contributed by atoms with Gasteiger partial charge in [0.15, 0.2) is 5.79 Å². The lowest BCUT2D eigenvalue weighted by molar-refractivity contribution is -0.209. The Balaban J connectivity index is 2.32. The van der Waals surface area contributed by atoms with E-state index in [1.165, 1.54) is 0 Å². The average Bonchev–Trinajstić information content (AvgIpc) is 2.46. The molecule has 2 heterocycles. The van der Waals surface area contributed by atoms with E-state index in [2.05, 4.69) is 0 Å². The SMILES string of the molecule is CC(C)(C)N1C[C@]2(O)OCC[C@@]2(C)[C@@H]1O. The first-order valence-electron chi connectivity index (χ1n) is 5.52. The summed E-state index contributed by atoms with van der Waals surface area (Å²) in [6, 6.07) is 0. The quantitative estimate of drug-likeness (QED) is 0.619. The number of rotatable bonds is 0. The number of likely N-dealkylation sites (tertiary alicyclic amines) is 1. The number of aliphatic hydroxyl groups excluding tert-OH is 1. The molecule has 4 heteroatoms. The summed E-state index contributed by atoms with van der Waals surface area (Å²) >= 11 is 0. The van der Waals surface area contributed by atoms with Crippen molar-refractivity contribution in [1.29, 1.82) is 0 Å². The van der Waals surface area contributed by atoms with Crippen molar-refractivity contribution in [3.05, 3.63) is 0 Å². The van der Waals surface area contributed by atoms with E-state index in [0.717, 1.165) is 0 Å². The summed E-state index contributed by atoms with van der Waals surface area (Å²) < 4.78 is 5.42. The van der Waals surface area contributed by atoms with Crippen molar-refractivity contribution in [2.24, 2.45) is 5.41 Å². The van der Waals surface area contributed by atoms with Gasteiger partial charge in [0.25, 0.3) is 0 Å². The third kappa shape index (κ3) is 1.35. The van der Waals surface area contributed by atoms with E-state index in [1.54, 1.807) is 0 Å². The number of hydrogen-bond donors (Lipinski definition) is 2. The van der Waals surface area contributed by atoms with E-state index in [9.17, 15) is 10.2 Å². The fraction of sp³-hybridized carbons (Fsp3) is 1.00. The molecule has 0 radical (unpaired) electrons. The molecule has 0 amide bonds. The topological polar surface area (TPSA) is 52.9 Å². The minimum Gasteiger partial charge on any atom is -0.378 e. The molecule has 88 valence electrons. The van der Waals surface area contributed by atoms with Gasteiger partial charge in [-0.1, -0.05) is 6.92 Å². The van der Waals surface area contributed by atoms with Crippen LogP contribution in [0.25, 0.3) is 0 Å². The zero-order valence-corrected chi connectivity index (χ0v) is 9.95. The summed E-state index contributed by atoms with van der Waals surface area (Å²) in [5.41, 5.74) is -0.716. The highest BCUT2D eigenvalue weighted by Crippen LogP contribution is 2.52. The highest BCUT2D eigenvalue weighted by atomic mass is 16.6. The maximum atomic E-state index is 10.4. The van der Waals surface area contributed by atoms with Crippen LogP contribution in [0, 0.1) is 5.41 Å². The fourth-order valence-corrected chi connectivity index (χ4v) is 2.61. The Hall–Kier alpha value is -0.160. The number of β-amino-alcohol motifs (C(OH)–C–C–N with tert-alkyl or cyclic N) is 1. The van der Waals surface area contributed by atoms with Crippen LogP contribution in [0.1, 0.15) is 34.1 Å². The second-order valence-corrected chi connectivity index (χ2v) is 5.97. The molecule has 0 saturated carbocycles. The molecule has 2 saturated heterocycles. The Kier molecular flexibility index (Phi) is 2.22. The van der Waals surface area contributed by atoms with Gasteiger partial charge in [0.1, 0.15) is 6.23 Å². The van der Waals surface area contributed by atoms with Crippen molar-refractivity contribution < 1.29 is 14.9 Å². The first-order valence-corrected chi connectivity index (χ1v) is 5.52. The summed E-state index contributed by atoms with van der Waals surface area (Å²) in [6.07, 6.45) is 0.0713. The van der Waals surface area contributed by atoms with E-state index in [1.807, 2.05) is 32.6 Å². The smallest absolute Gasteiger partial charge is 0.187 e. The molecule has 0 spiro atoms. The maximum absolute atomic E-state index is 10.4. The van der Waals surface area contributed by atoms with Crippen molar-refractivity contribution in [1.82, 2.24) is 4.90 Å². The second kappa shape index (κ2) is 2.94. The van der Waals surface area contributed by atoms with Crippen LogP contribution in [0.3, 0.4) is 0 Å². The average molecular weight is 215 g/mol. The first kappa shape index (κ1) is 11.3. The molecule has 4 nitrogen and oxygen atoms in total. The van der Waals surface area contributed by atoms with Gasteiger partial charge in [-0.25, -0.2) is 0 Å². The highest BCUT2D eigenvalue weighted by molar-refractivity contribution is 5.08. The van der Waals surface area contributed by atoms with Gasteiger partial charge in [-0.3, -0.25) is 4.90 Å². The summed E-state index contributed by atoms with van der Waals surface area (Å²) in [4.78, 5) is 1.91. The summed E-state index contributed by atoms with van der Waals surface area (Å²) in [7, 11) is 0. The first-order chi connectivity index (χ1) is 6.71. The van der Waals surface area contributed by atoms with Gasteiger partial charge in [-0.2, -0.15) is 0 Å². The number of ether oxygens (including phenoxy) is 1. The summed E-state index contributed by atoms with van der Waals surface area (Å²) in [6.45, 7) is 8.91. The number of nitrogens with zero attached hydrogens (tertiary/aromatic N) is 1. The minimum absolute atomic E-state index is 0.161. The van der Waals surface area contributed by atoms with Gasteiger partial charge in [0.2, 0.25) is 0 Å². The van der Waals surface area contributed by atoms with Crippen molar-refractivity contribution >= 4 is 0 Å². The van der Waals surface area contributed by atoms with Crippen molar-refractivity contribution in [3.63, 3.8) is 0 Å². The summed E-state index contributed by atoms with van der Waals surface area (Å²) in [5, 5.41) is 20.7. The van der Waals surface area contributed by atoms with Crippen molar-refractivity contribution in [2.75, 3.05) is 13.2 Å². The molecular formula is C11H21NO3. The van der Waals surface area contributed by atoms with Gasteiger partial charge in [0, 0.05) is 5.54 Å². The Morgan fingerprint density at radius 1 is 1.40 bits per heavy atom. The molecule has 2 N–H and O–H groups in total. The van der Waals surface area contributed by atoms with Crippen LogP contribution < -0.4 is 0 Å². The Labute approximate surface area is 90.8 Å². The lowest BCUT2D eigenvalue weighted by atomic mass is 9.81. The summed E-state index contributed by atoms with van der Waals surface area (Å²) in [5.74, 6) is -1.18. The monoisotopic (exact) mass is 215 g/mol. The van der Waals surface area contributed by atoms with E-state index in [4.69, 9.17) is 4.74 Å². The van der Waals surface area contributed by atoms with Crippen LogP contribution >= 0.6 is 0 Å². The van der Waals surface area contributed by atoms with Crippen LogP contribution in [-0.2, 0) is 4.74 Å². The molecule has 0 unspecified atom stereocenters. The lowest BCUT2D eigenvalue weighted by Gasteiger charge is -2.37.